The number of ether oxygens (including phenoxy) is 1. The van der Waals surface area contributed by atoms with Gasteiger partial charge in [0.1, 0.15) is 12.0 Å². The fourth-order valence-corrected chi connectivity index (χ4v) is 1.96. The van der Waals surface area contributed by atoms with Crippen molar-refractivity contribution in [1.82, 2.24) is 9.55 Å². The Morgan fingerprint density at radius 1 is 1.63 bits per heavy atom. The quantitative estimate of drug-likeness (QED) is 0.816. The van der Waals surface area contributed by atoms with Crippen LogP contribution >= 0.6 is 0 Å². The minimum absolute atomic E-state index is 0.0523. The van der Waals surface area contributed by atoms with Gasteiger partial charge >= 0.3 is 5.69 Å². The van der Waals surface area contributed by atoms with Gasteiger partial charge in [0.15, 0.2) is 0 Å². The maximum Gasteiger partial charge on any atom is 0.351 e. The fourth-order valence-electron chi connectivity index (χ4n) is 1.96. The molecule has 0 saturated carbocycles. The fraction of sp³-hybridized carbons (Fsp3) is 0.583. The first-order valence-electron chi connectivity index (χ1n) is 6.29. The van der Waals surface area contributed by atoms with E-state index in [-0.39, 0.29) is 24.4 Å². The molecule has 104 valence electrons. The van der Waals surface area contributed by atoms with Crippen molar-refractivity contribution in [3.63, 3.8) is 0 Å². The minimum atomic E-state index is -0.475. The summed E-state index contributed by atoms with van der Waals surface area (Å²) >= 11 is 0. The van der Waals surface area contributed by atoms with Crippen molar-refractivity contribution in [2.24, 2.45) is 0 Å². The van der Waals surface area contributed by atoms with E-state index in [0.717, 1.165) is 0 Å². The number of hydrogen-bond donors (Lipinski definition) is 2. The molecule has 2 heterocycles. The highest BCUT2D eigenvalue weighted by Crippen LogP contribution is 2.26. The molecule has 19 heavy (non-hydrogen) atoms. The zero-order chi connectivity index (χ0) is 13.8. The van der Waals surface area contributed by atoms with E-state index in [1.54, 1.807) is 19.2 Å². The first-order valence-corrected chi connectivity index (χ1v) is 6.29. The first kappa shape index (κ1) is 13.7. The number of carbonyl (C=O) groups is 1. The predicted molar refractivity (Wildman–Crippen MR) is 67.6 cm³/mol. The number of nitrogens with zero attached hydrogens (tertiary/aromatic N) is 2. The van der Waals surface area contributed by atoms with Crippen molar-refractivity contribution in [2.75, 3.05) is 11.9 Å². The summed E-state index contributed by atoms with van der Waals surface area (Å²) in [7, 11) is 0. The number of carbonyl (C=O) groups excluding carboxylic acids is 1. The molecule has 7 nitrogen and oxygen atoms in total. The molecule has 1 aliphatic rings. The molecule has 0 bridgehead atoms. The van der Waals surface area contributed by atoms with Gasteiger partial charge in [-0.1, -0.05) is 6.92 Å². The lowest BCUT2D eigenvalue weighted by molar-refractivity contribution is -0.115. The molecule has 0 aliphatic carbocycles. The van der Waals surface area contributed by atoms with Crippen molar-refractivity contribution in [2.45, 2.75) is 38.5 Å². The molecule has 2 N–H and O–H groups in total. The summed E-state index contributed by atoms with van der Waals surface area (Å²) < 4.78 is 6.88. The predicted octanol–water partition coefficient (Wildman–Crippen LogP) is 0.262. The Kier molecular flexibility index (Phi) is 4.28. The molecule has 1 aromatic heterocycles. The maximum atomic E-state index is 11.8. The lowest BCUT2D eigenvalue weighted by atomic mass is 10.2. The molecule has 1 saturated heterocycles. The highest BCUT2D eigenvalue weighted by molar-refractivity contribution is 5.89. The summed E-state index contributed by atoms with van der Waals surface area (Å²) in [4.78, 5) is 26.8. The maximum absolute atomic E-state index is 11.8. The monoisotopic (exact) mass is 267 g/mol. The van der Waals surface area contributed by atoms with Crippen LogP contribution in [-0.2, 0) is 9.53 Å². The summed E-state index contributed by atoms with van der Waals surface area (Å²) in [5.41, 5.74) is -0.475. The lowest BCUT2D eigenvalue weighted by Gasteiger charge is -2.14. The van der Waals surface area contributed by atoms with Gasteiger partial charge in [-0.15, -0.1) is 0 Å². The van der Waals surface area contributed by atoms with E-state index in [1.807, 2.05) is 0 Å². The van der Waals surface area contributed by atoms with E-state index in [9.17, 15) is 9.59 Å². The van der Waals surface area contributed by atoms with Crippen LogP contribution in [0.25, 0.3) is 0 Å². The zero-order valence-corrected chi connectivity index (χ0v) is 10.7. The van der Waals surface area contributed by atoms with Gasteiger partial charge in [-0.25, -0.2) is 4.79 Å². The summed E-state index contributed by atoms with van der Waals surface area (Å²) in [6, 6.07) is 1.56. The summed E-state index contributed by atoms with van der Waals surface area (Å²) in [5.74, 6) is 0.0481. The van der Waals surface area contributed by atoms with Gasteiger partial charge in [-0.05, 0) is 18.9 Å². The average molecular weight is 267 g/mol. The van der Waals surface area contributed by atoms with E-state index in [2.05, 4.69) is 10.3 Å². The molecular formula is C12H17N3O4. The highest BCUT2D eigenvalue weighted by Gasteiger charge is 2.26. The van der Waals surface area contributed by atoms with Gasteiger partial charge in [0, 0.05) is 12.6 Å². The molecule has 1 amide bonds. The normalized spacial score (nSPS) is 22.4. The SMILES string of the molecule is CCC(=O)Nc1ccn([C@H]2CC[C@@H](CO)O2)c(=O)n1. The molecule has 0 radical (unpaired) electrons. The number of aliphatic hydroxyl groups is 1. The number of rotatable bonds is 4. The summed E-state index contributed by atoms with van der Waals surface area (Å²) in [6.45, 7) is 1.67. The molecule has 0 aromatic carbocycles. The van der Waals surface area contributed by atoms with E-state index in [1.165, 1.54) is 4.57 Å². The molecule has 2 rings (SSSR count). The van der Waals surface area contributed by atoms with Crippen LogP contribution in [0.4, 0.5) is 5.82 Å². The smallest absolute Gasteiger partial charge is 0.351 e. The lowest BCUT2D eigenvalue weighted by Crippen LogP contribution is -2.28. The largest absolute Gasteiger partial charge is 0.394 e. The number of aromatic nitrogens is 2. The van der Waals surface area contributed by atoms with Crippen LogP contribution in [-0.4, -0.2) is 33.3 Å². The van der Waals surface area contributed by atoms with Gasteiger partial charge in [0.25, 0.3) is 0 Å². The Balaban J connectivity index is 2.12. The second-order valence-electron chi connectivity index (χ2n) is 4.38. The van der Waals surface area contributed by atoms with Crippen molar-refractivity contribution in [3.05, 3.63) is 22.7 Å². The molecular weight excluding hydrogens is 250 g/mol. The van der Waals surface area contributed by atoms with Crippen molar-refractivity contribution in [3.8, 4) is 0 Å². The van der Waals surface area contributed by atoms with E-state index in [0.29, 0.717) is 19.3 Å². The number of nitrogens with one attached hydrogen (secondary N) is 1. The van der Waals surface area contributed by atoms with Crippen LogP contribution < -0.4 is 11.0 Å². The Bertz CT molecular complexity index is 514. The molecule has 0 unspecified atom stereocenters. The molecule has 1 fully saturated rings. The number of hydrogen-bond acceptors (Lipinski definition) is 5. The van der Waals surface area contributed by atoms with Gasteiger partial charge in [0.05, 0.1) is 12.7 Å². The van der Waals surface area contributed by atoms with Crippen LogP contribution in [0.3, 0.4) is 0 Å². The van der Waals surface area contributed by atoms with Crippen LogP contribution in [0.2, 0.25) is 0 Å². The molecule has 1 aliphatic heterocycles. The molecule has 1 aromatic rings. The van der Waals surface area contributed by atoms with E-state index < -0.39 is 11.9 Å². The average Bonchev–Trinajstić information content (AvgIpc) is 2.87. The Labute approximate surface area is 110 Å². The van der Waals surface area contributed by atoms with Crippen LogP contribution in [0.5, 0.6) is 0 Å². The minimum Gasteiger partial charge on any atom is -0.394 e. The van der Waals surface area contributed by atoms with Crippen molar-refractivity contribution >= 4 is 11.7 Å². The Morgan fingerprint density at radius 2 is 2.42 bits per heavy atom. The third-order valence-electron chi connectivity index (χ3n) is 3.02. The summed E-state index contributed by atoms with van der Waals surface area (Å²) in [5, 5.41) is 11.5. The van der Waals surface area contributed by atoms with Gasteiger partial charge in [-0.3, -0.25) is 9.36 Å². The Hall–Kier alpha value is -1.73. The topological polar surface area (TPSA) is 93.5 Å². The van der Waals surface area contributed by atoms with Crippen LogP contribution in [0.1, 0.15) is 32.4 Å². The number of anilines is 1. The second kappa shape index (κ2) is 5.94. The third kappa shape index (κ3) is 3.18. The van der Waals surface area contributed by atoms with Crippen molar-refractivity contribution in [1.29, 1.82) is 0 Å². The summed E-state index contributed by atoms with van der Waals surface area (Å²) in [6.07, 6.45) is 2.62. The highest BCUT2D eigenvalue weighted by atomic mass is 16.5. The second-order valence-corrected chi connectivity index (χ2v) is 4.38. The van der Waals surface area contributed by atoms with Gasteiger partial charge in [-0.2, -0.15) is 4.98 Å². The van der Waals surface area contributed by atoms with E-state index >= 15 is 0 Å². The first-order chi connectivity index (χ1) is 9.13. The molecule has 7 heteroatoms. The number of amides is 1. The number of aliphatic hydroxyl groups excluding tert-OH is 1. The standard InChI is InChI=1S/C12H17N3O4/c1-2-10(17)13-9-5-6-15(12(18)14-9)11-4-3-8(7-16)19-11/h5-6,8,11,16H,2-4,7H2,1H3,(H,13,14,17,18)/t8-,11+/m0/s1. The van der Waals surface area contributed by atoms with Gasteiger partial charge < -0.3 is 15.2 Å². The van der Waals surface area contributed by atoms with Gasteiger partial charge in [0.2, 0.25) is 5.91 Å². The Morgan fingerprint density at radius 3 is 3.00 bits per heavy atom. The molecule has 0 spiro atoms. The van der Waals surface area contributed by atoms with Crippen LogP contribution in [0, 0.1) is 0 Å². The zero-order valence-electron chi connectivity index (χ0n) is 10.7. The van der Waals surface area contributed by atoms with E-state index in [4.69, 9.17) is 9.84 Å². The molecule has 2 atom stereocenters. The van der Waals surface area contributed by atoms with Crippen molar-refractivity contribution < 1.29 is 14.6 Å². The third-order valence-corrected chi connectivity index (χ3v) is 3.02. The van der Waals surface area contributed by atoms with Crippen LogP contribution in [0.15, 0.2) is 17.1 Å².